The summed E-state index contributed by atoms with van der Waals surface area (Å²) in [4.78, 5) is 2.34. The van der Waals surface area contributed by atoms with Crippen LogP contribution in [0, 0.1) is 0 Å². The van der Waals surface area contributed by atoms with E-state index in [2.05, 4.69) is 31.1 Å². The van der Waals surface area contributed by atoms with Crippen LogP contribution in [0.25, 0.3) is 0 Å². The van der Waals surface area contributed by atoms with Gasteiger partial charge in [0.05, 0.1) is 6.61 Å². The third-order valence-corrected chi connectivity index (χ3v) is 2.01. The van der Waals surface area contributed by atoms with Crippen LogP contribution in [0.5, 0.6) is 0 Å². The Hall–Kier alpha value is -0.120. The Morgan fingerprint density at radius 2 is 2.08 bits per heavy atom. The predicted octanol–water partition coefficient (Wildman–Crippen LogP) is 0.953. The number of nitrogens with zero attached hydrogens (tertiary/aromatic N) is 1. The second-order valence-corrected chi connectivity index (χ2v) is 3.61. The fourth-order valence-corrected chi connectivity index (χ4v) is 1.30. The minimum absolute atomic E-state index is 0.458. The first-order valence-electron chi connectivity index (χ1n) is 5.11. The van der Waals surface area contributed by atoms with Crippen molar-refractivity contribution < 1.29 is 4.74 Å². The van der Waals surface area contributed by atoms with E-state index in [1.54, 1.807) is 7.11 Å². The Balaban J connectivity index is 3.23. The number of ether oxygens (including phenoxy) is 1. The molecule has 80 valence electrons. The van der Waals surface area contributed by atoms with Gasteiger partial charge in [-0.3, -0.25) is 0 Å². The fourth-order valence-electron chi connectivity index (χ4n) is 1.30. The van der Waals surface area contributed by atoms with Crippen LogP contribution in [0.2, 0.25) is 0 Å². The highest BCUT2D eigenvalue weighted by atomic mass is 16.5. The first-order valence-corrected chi connectivity index (χ1v) is 5.11. The van der Waals surface area contributed by atoms with Gasteiger partial charge in [-0.2, -0.15) is 0 Å². The molecule has 0 aromatic heterocycles. The number of hydrogen-bond donors (Lipinski definition) is 1. The van der Waals surface area contributed by atoms with Gasteiger partial charge < -0.3 is 15.0 Å². The topological polar surface area (TPSA) is 24.5 Å². The molecule has 0 saturated heterocycles. The lowest BCUT2D eigenvalue weighted by Gasteiger charge is -2.18. The molecule has 0 aromatic rings. The normalized spacial score (nSPS) is 13.6. The molecule has 0 saturated carbocycles. The lowest BCUT2D eigenvalue weighted by Crippen LogP contribution is -2.36. The Bertz CT molecular complexity index is 97.1. The zero-order chi connectivity index (χ0) is 10.1. The van der Waals surface area contributed by atoms with Gasteiger partial charge in [0, 0.05) is 26.2 Å². The third kappa shape index (κ3) is 8.22. The van der Waals surface area contributed by atoms with Crippen LogP contribution >= 0.6 is 0 Å². The molecule has 0 heterocycles. The molecule has 0 bridgehead atoms. The molecule has 0 aromatic carbocycles. The van der Waals surface area contributed by atoms with E-state index in [1.807, 2.05) is 0 Å². The molecule has 3 nitrogen and oxygen atoms in total. The summed E-state index contributed by atoms with van der Waals surface area (Å²) in [5.41, 5.74) is 0. The molecule has 13 heavy (non-hydrogen) atoms. The van der Waals surface area contributed by atoms with Crippen LogP contribution < -0.4 is 5.32 Å². The summed E-state index contributed by atoms with van der Waals surface area (Å²) in [6.45, 7) is 8.47. The Kier molecular flexibility index (Phi) is 8.40. The molecule has 0 fully saturated rings. The maximum absolute atomic E-state index is 5.03. The van der Waals surface area contributed by atoms with Gasteiger partial charge in [-0.25, -0.2) is 0 Å². The van der Waals surface area contributed by atoms with E-state index >= 15 is 0 Å². The van der Waals surface area contributed by atoms with Gasteiger partial charge in [0.15, 0.2) is 0 Å². The first kappa shape index (κ1) is 12.9. The van der Waals surface area contributed by atoms with E-state index < -0.39 is 0 Å². The average Bonchev–Trinajstić information content (AvgIpc) is 2.05. The third-order valence-electron chi connectivity index (χ3n) is 2.01. The highest BCUT2D eigenvalue weighted by Crippen LogP contribution is 1.86. The molecule has 1 atom stereocenters. The zero-order valence-electron chi connectivity index (χ0n) is 9.47. The number of nitrogens with one attached hydrogen (secondary N) is 1. The molecule has 0 amide bonds. The summed E-state index contributed by atoms with van der Waals surface area (Å²) in [6, 6.07) is 0.458. The maximum atomic E-state index is 5.03. The Morgan fingerprint density at radius 1 is 1.38 bits per heavy atom. The second-order valence-electron chi connectivity index (χ2n) is 3.61. The summed E-state index contributed by atoms with van der Waals surface area (Å²) in [6.07, 6.45) is 1.23. The van der Waals surface area contributed by atoms with E-state index in [-0.39, 0.29) is 0 Å². The Labute approximate surface area is 82.4 Å². The van der Waals surface area contributed by atoms with Crippen LogP contribution in [0.1, 0.15) is 20.3 Å². The van der Waals surface area contributed by atoms with Crippen LogP contribution in [-0.2, 0) is 4.74 Å². The summed E-state index contributed by atoms with van der Waals surface area (Å²) in [5, 5.41) is 3.41. The molecule has 0 aliphatic rings. The summed E-state index contributed by atoms with van der Waals surface area (Å²) in [5.74, 6) is 0. The maximum Gasteiger partial charge on any atom is 0.0613 e. The largest absolute Gasteiger partial charge is 0.383 e. The van der Waals surface area contributed by atoms with Crippen LogP contribution in [-0.4, -0.2) is 51.3 Å². The summed E-state index contributed by atoms with van der Waals surface area (Å²) in [7, 11) is 3.90. The van der Waals surface area contributed by atoms with E-state index in [9.17, 15) is 0 Å². The van der Waals surface area contributed by atoms with E-state index in [0.717, 1.165) is 19.7 Å². The van der Waals surface area contributed by atoms with Crippen molar-refractivity contribution in [3.8, 4) is 0 Å². The van der Waals surface area contributed by atoms with Crippen molar-refractivity contribution >= 4 is 0 Å². The molecule has 0 rings (SSSR count). The standard InChI is InChI=1S/C10H24N2O/c1-5-7-12(3)8-6-11-10(2)9-13-4/h10-11H,5-9H2,1-4H3. The van der Waals surface area contributed by atoms with Gasteiger partial charge >= 0.3 is 0 Å². The quantitative estimate of drug-likeness (QED) is 0.614. The zero-order valence-corrected chi connectivity index (χ0v) is 9.47. The van der Waals surface area contributed by atoms with Crippen molar-refractivity contribution in [3.05, 3.63) is 0 Å². The van der Waals surface area contributed by atoms with Crippen molar-refractivity contribution in [2.45, 2.75) is 26.3 Å². The van der Waals surface area contributed by atoms with Crippen molar-refractivity contribution in [2.75, 3.05) is 40.4 Å². The monoisotopic (exact) mass is 188 g/mol. The van der Waals surface area contributed by atoms with Gasteiger partial charge in [0.1, 0.15) is 0 Å². The molecule has 0 aliphatic carbocycles. The molecular formula is C10H24N2O. The van der Waals surface area contributed by atoms with Crippen LogP contribution in [0.15, 0.2) is 0 Å². The lowest BCUT2D eigenvalue weighted by atomic mass is 10.3. The molecular weight excluding hydrogens is 164 g/mol. The fraction of sp³-hybridized carbons (Fsp3) is 1.00. The lowest BCUT2D eigenvalue weighted by molar-refractivity contribution is 0.170. The minimum Gasteiger partial charge on any atom is -0.383 e. The number of methoxy groups -OCH3 is 1. The summed E-state index contributed by atoms with van der Waals surface area (Å²) >= 11 is 0. The van der Waals surface area contributed by atoms with E-state index in [0.29, 0.717) is 6.04 Å². The molecule has 0 spiro atoms. The number of likely N-dealkylation sites (N-methyl/N-ethyl adjacent to an activating group) is 1. The van der Waals surface area contributed by atoms with Crippen molar-refractivity contribution in [1.29, 1.82) is 0 Å². The molecule has 1 N–H and O–H groups in total. The average molecular weight is 188 g/mol. The number of hydrogen-bond acceptors (Lipinski definition) is 3. The van der Waals surface area contributed by atoms with E-state index in [1.165, 1.54) is 13.0 Å². The van der Waals surface area contributed by atoms with Gasteiger partial charge in [0.2, 0.25) is 0 Å². The van der Waals surface area contributed by atoms with Gasteiger partial charge in [-0.05, 0) is 26.9 Å². The van der Waals surface area contributed by atoms with Crippen LogP contribution in [0.3, 0.4) is 0 Å². The second kappa shape index (κ2) is 8.48. The summed E-state index contributed by atoms with van der Waals surface area (Å²) < 4.78 is 5.03. The van der Waals surface area contributed by atoms with Gasteiger partial charge in [-0.1, -0.05) is 6.92 Å². The highest BCUT2D eigenvalue weighted by molar-refractivity contribution is 4.60. The predicted molar refractivity (Wildman–Crippen MR) is 57.1 cm³/mol. The van der Waals surface area contributed by atoms with Crippen LogP contribution in [0.4, 0.5) is 0 Å². The van der Waals surface area contributed by atoms with Gasteiger partial charge in [-0.15, -0.1) is 0 Å². The molecule has 0 aliphatic heterocycles. The van der Waals surface area contributed by atoms with Gasteiger partial charge in [0.25, 0.3) is 0 Å². The molecule has 1 unspecified atom stereocenters. The highest BCUT2D eigenvalue weighted by Gasteiger charge is 2.00. The van der Waals surface area contributed by atoms with Crippen molar-refractivity contribution in [2.24, 2.45) is 0 Å². The SMILES string of the molecule is CCCN(C)CCNC(C)COC. The first-order chi connectivity index (χ1) is 6.20. The number of rotatable bonds is 8. The van der Waals surface area contributed by atoms with Crippen molar-refractivity contribution in [1.82, 2.24) is 10.2 Å². The smallest absolute Gasteiger partial charge is 0.0613 e. The molecule has 3 heteroatoms. The van der Waals surface area contributed by atoms with E-state index in [4.69, 9.17) is 4.74 Å². The molecule has 0 radical (unpaired) electrons. The minimum atomic E-state index is 0.458. The Morgan fingerprint density at radius 3 is 2.62 bits per heavy atom. The van der Waals surface area contributed by atoms with Crippen molar-refractivity contribution in [3.63, 3.8) is 0 Å².